The van der Waals surface area contributed by atoms with Crippen LogP contribution in [0.2, 0.25) is 0 Å². The first-order valence-electron chi connectivity index (χ1n) is 6.14. The van der Waals surface area contributed by atoms with Gasteiger partial charge in [-0.3, -0.25) is 9.69 Å². The molecule has 0 saturated carbocycles. The Bertz CT molecular complexity index is 213. The van der Waals surface area contributed by atoms with E-state index >= 15 is 0 Å². The highest BCUT2D eigenvalue weighted by molar-refractivity contribution is 5.71. The van der Waals surface area contributed by atoms with Crippen molar-refractivity contribution in [2.75, 3.05) is 46.9 Å². The van der Waals surface area contributed by atoms with Gasteiger partial charge in [0.1, 0.15) is 0 Å². The summed E-state index contributed by atoms with van der Waals surface area (Å²) in [5, 5.41) is 0. The predicted octanol–water partition coefficient (Wildman–Crippen LogP) is 0.823. The summed E-state index contributed by atoms with van der Waals surface area (Å²) < 4.78 is 4.93. The molecule has 1 rings (SSSR count). The van der Waals surface area contributed by atoms with E-state index in [0.717, 1.165) is 12.5 Å². The first-order chi connectivity index (χ1) is 7.61. The molecular weight excluding hydrogens is 204 g/mol. The summed E-state index contributed by atoms with van der Waals surface area (Å²) in [7, 11) is 4.16. The number of carbonyl (C=O) groups excluding carboxylic acids is 1. The topological polar surface area (TPSA) is 32.8 Å². The van der Waals surface area contributed by atoms with Crippen LogP contribution in [-0.2, 0) is 9.53 Å². The molecule has 4 nitrogen and oxygen atoms in total. The molecule has 94 valence electrons. The summed E-state index contributed by atoms with van der Waals surface area (Å²) in [4.78, 5) is 15.7. The maximum atomic E-state index is 11.3. The summed E-state index contributed by atoms with van der Waals surface area (Å²) in [6, 6.07) is 0. The molecule has 0 aromatic heterocycles. The molecular formula is C12H24N2O2. The van der Waals surface area contributed by atoms with Crippen molar-refractivity contribution in [2.24, 2.45) is 5.92 Å². The number of carbonyl (C=O) groups is 1. The molecule has 0 amide bonds. The lowest BCUT2D eigenvalue weighted by molar-refractivity contribution is -0.144. The minimum atomic E-state index is -0.113. The highest BCUT2D eigenvalue weighted by Gasteiger charge is 2.19. The number of rotatable bonds is 5. The van der Waals surface area contributed by atoms with Gasteiger partial charge >= 0.3 is 5.97 Å². The van der Waals surface area contributed by atoms with E-state index in [1.54, 1.807) is 0 Å². The molecule has 0 N–H and O–H groups in total. The van der Waals surface area contributed by atoms with Gasteiger partial charge in [0, 0.05) is 6.54 Å². The van der Waals surface area contributed by atoms with Crippen molar-refractivity contribution in [3.63, 3.8) is 0 Å². The van der Waals surface area contributed by atoms with E-state index in [1.807, 2.05) is 14.0 Å². The number of hydrogen-bond donors (Lipinski definition) is 0. The second-order valence-corrected chi connectivity index (χ2v) is 4.75. The van der Waals surface area contributed by atoms with Crippen LogP contribution in [0, 0.1) is 5.92 Å². The first-order valence-corrected chi connectivity index (χ1v) is 6.14. The van der Waals surface area contributed by atoms with Crippen LogP contribution in [0.3, 0.4) is 0 Å². The van der Waals surface area contributed by atoms with E-state index in [-0.39, 0.29) is 5.97 Å². The van der Waals surface area contributed by atoms with Gasteiger partial charge in [0.25, 0.3) is 0 Å². The highest BCUT2D eigenvalue weighted by Crippen LogP contribution is 2.16. The number of nitrogens with zero attached hydrogens (tertiary/aromatic N) is 2. The van der Waals surface area contributed by atoms with Gasteiger partial charge in [-0.25, -0.2) is 0 Å². The number of ether oxygens (including phenoxy) is 1. The Morgan fingerprint density at radius 3 is 2.62 bits per heavy atom. The first kappa shape index (κ1) is 13.5. The summed E-state index contributed by atoms with van der Waals surface area (Å²) in [6.07, 6.45) is 2.48. The van der Waals surface area contributed by atoms with Gasteiger partial charge in [-0.15, -0.1) is 0 Å². The van der Waals surface area contributed by atoms with Crippen molar-refractivity contribution >= 4 is 5.97 Å². The van der Waals surface area contributed by atoms with Gasteiger partial charge in [0.2, 0.25) is 0 Å². The summed E-state index contributed by atoms with van der Waals surface area (Å²) in [6.45, 7) is 6.10. The van der Waals surface area contributed by atoms with Crippen molar-refractivity contribution in [3.05, 3.63) is 0 Å². The average Bonchev–Trinajstić information content (AvgIpc) is 2.21. The van der Waals surface area contributed by atoms with E-state index in [0.29, 0.717) is 13.2 Å². The molecule has 0 unspecified atom stereocenters. The second-order valence-electron chi connectivity index (χ2n) is 4.75. The van der Waals surface area contributed by atoms with E-state index in [2.05, 4.69) is 16.8 Å². The summed E-state index contributed by atoms with van der Waals surface area (Å²) in [5.74, 6) is 0.619. The normalized spacial score (nSPS) is 19.0. The molecule has 1 saturated heterocycles. The maximum Gasteiger partial charge on any atom is 0.320 e. The molecule has 1 fully saturated rings. The smallest absolute Gasteiger partial charge is 0.320 e. The van der Waals surface area contributed by atoms with Crippen LogP contribution < -0.4 is 0 Å². The fraction of sp³-hybridized carbons (Fsp3) is 0.917. The van der Waals surface area contributed by atoms with Gasteiger partial charge in [-0.2, -0.15) is 0 Å². The molecule has 0 bridgehead atoms. The van der Waals surface area contributed by atoms with Crippen LogP contribution in [0.5, 0.6) is 0 Å². The monoisotopic (exact) mass is 228 g/mol. The molecule has 0 aliphatic carbocycles. The zero-order chi connectivity index (χ0) is 12.0. The van der Waals surface area contributed by atoms with Crippen molar-refractivity contribution in [1.29, 1.82) is 0 Å². The van der Waals surface area contributed by atoms with Crippen molar-refractivity contribution in [1.82, 2.24) is 9.80 Å². The van der Waals surface area contributed by atoms with Crippen LogP contribution in [0.1, 0.15) is 19.8 Å². The van der Waals surface area contributed by atoms with Gasteiger partial charge in [-0.05, 0) is 52.9 Å². The van der Waals surface area contributed by atoms with Crippen LogP contribution >= 0.6 is 0 Å². The lowest BCUT2D eigenvalue weighted by atomic mass is 9.97. The minimum Gasteiger partial charge on any atom is -0.465 e. The number of esters is 1. The fourth-order valence-corrected chi connectivity index (χ4v) is 2.18. The third kappa shape index (κ3) is 4.94. The van der Waals surface area contributed by atoms with Gasteiger partial charge in [-0.1, -0.05) is 0 Å². The van der Waals surface area contributed by atoms with E-state index in [4.69, 9.17) is 4.74 Å². The number of piperidine rings is 1. The highest BCUT2D eigenvalue weighted by atomic mass is 16.5. The Hall–Kier alpha value is -0.610. The Morgan fingerprint density at radius 1 is 1.44 bits per heavy atom. The zero-order valence-corrected chi connectivity index (χ0v) is 10.7. The standard InChI is InChI=1S/C12H24N2O2/c1-4-16-12(15)10-14(3)9-11-5-7-13(2)8-6-11/h11H,4-10H2,1-3H3. The van der Waals surface area contributed by atoms with Crippen LogP contribution in [0.4, 0.5) is 0 Å². The third-order valence-corrected chi connectivity index (χ3v) is 3.11. The lowest BCUT2D eigenvalue weighted by Crippen LogP contribution is -2.37. The Labute approximate surface area is 98.5 Å². The molecule has 4 heteroatoms. The van der Waals surface area contributed by atoms with Crippen LogP contribution in [-0.4, -0.2) is 62.7 Å². The predicted molar refractivity (Wildman–Crippen MR) is 64.4 cm³/mol. The van der Waals surface area contributed by atoms with Gasteiger partial charge < -0.3 is 9.64 Å². The summed E-state index contributed by atoms with van der Waals surface area (Å²) >= 11 is 0. The van der Waals surface area contributed by atoms with E-state index in [9.17, 15) is 4.79 Å². The number of likely N-dealkylation sites (N-methyl/N-ethyl adjacent to an activating group) is 1. The molecule has 0 aromatic carbocycles. The SMILES string of the molecule is CCOC(=O)CN(C)CC1CCN(C)CC1. The van der Waals surface area contributed by atoms with Crippen molar-refractivity contribution in [2.45, 2.75) is 19.8 Å². The van der Waals surface area contributed by atoms with Crippen molar-refractivity contribution < 1.29 is 9.53 Å². The minimum absolute atomic E-state index is 0.113. The van der Waals surface area contributed by atoms with E-state index < -0.39 is 0 Å². The maximum absolute atomic E-state index is 11.3. The molecule has 0 aromatic rings. The van der Waals surface area contributed by atoms with Gasteiger partial charge in [0.15, 0.2) is 0 Å². The molecule has 16 heavy (non-hydrogen) atoms. The van der Waals surface area contributed by atoms with Crippen LogP contribution in [0.25, 0.3) is 0 Å². The summed E-state index contributed by atoms with van der Waals surface area (Å²) in [5.41, 5.74) is 0. The van der Waals surface area contributed by atoms with E-state index in [1.165, 1.54) is 25.9 Å². The van der Waals surface area contributed by atoms with Crippen LogP contribution in [0.15, 0.2) is 0 Å². The largest absolute Gasteiger partial charge is 0.465 e. The molecule has 1 aliphatic heterocycles. The third-order valence-electron chi connectivity index (χ3n) is 3.11. The second kappa shape index (κ2) is 6.86. The molecule has 0 radical (unpaired) electrons. The molecule has 1 heterocycles. The van der Waals surface area contributed by atoms with Gasteiger partial charge in [0.05, 0.1) is 13.2 Å². The zero-order valence-electron chi connectivity index (χ0n) is 10.7. The lowest BCUT2D eigenvalue weighted by Gasteiger charge is -2.31. The Kier molecular flexibility index (Phi) is 5.77. The average molecular weight is 228 g/mol. The quantitative estimate of drug-likeness (QED) is 0.652. The number of hydrogen-bond acceptors (Lipinski definition) is 4. The molecule has 0 atom stereocenters. The Morgan fingerprint density at radius 2 is 2.06 bits per heavy atom. The van der Waals surface area contributed by atoms with Crippen molar-refractivity contribution in [3.8, 4) is 0 Å². The Balaban J connectivity index is 2.18. The number of likely N-dealkylation sites (tertiary alicyclic amines) is 1. The fourth-order valence-electron chi connectivity index (χ4n) is 2.18. The molecule has 0 spiro atoms. The molecule has 1 aliphatic rings.